The van der Waals surface area contributed by atoms with Gasteiger partial charge in [-0.3, -0.25) is 4.79 Å². The number of rotatable bonds is 5. The number of methoxy groups -OCH3 is 1. The maximum Gasteiger partial charge on any atom is 0.309 e. The van der Waals surface area contributed by atoms with E-state index in [1.165, 1.54) is 7.11 Å². The van der Waals surface area contributed by atoms with Gasteiger partial charge in [0.15, 0.2) is 23.0 Å². The average molecular weight is 356 g/mol. The van der Waals surface area contributed by atoms with Gasteiger partial charge in [-0.1, -0.05) is 12.1 Å². The number of ether oxygens (including phenoxy) is 4. The summed E-state index contributed by atoms with van der Waals surface area (Å²) in [5.41, 5.74) is 2.02. The molecule has 0 amide bonds. The zero-order valence-electron chi connectivity index (χ0n) is 14.4. The van der Waals surface area contributed by atoms with Crippen molar-refractivity contribution >= 4 is 5.97 Å². The lowest BCUT2D eigenvalue weighted by molar-refractivity contribution is -0.141. The fourth-order valence-electron chi connectivity index (χ4n) is 3.53. The summed E-state index contributed by atoms with van der Waals surface area (Å²) in [6.07, 6.45) is 1.27. The molecule has 0 radical (unpaired) electrons. The molecule has 26 heavy (non-hydrogen) atoms. The van der Waals surface area contributed by atoms with Gasteiger partial charge in [-0.05, 0) is 48.2 Å². The molecule has 0 spiro atoms. The highest BCUT2D eigenvalue weighted by Gasteiger charge is 2.37. The monoisotopic (exact) mass is 356 g/mol. The van der Waals surface area contributed by atoms with Crippen LogP contribution in [-0.2, 0) is 22.4 Å². The summed E-state index contributed by atoms with van der Waals surface area (Å²) in [5.74, 6) is 1.66. The van der Waals surface area contributed by atoms with Crippen LogP contribution in [0.4, 0.5) is 0 Å². The van der Waals surface area contributed by atoms with Crippen LogP contribution in [0.1, 0.15) is 11.1 Å². The van der Waals surface area contributed by atoms with Crippen molar-refractivity contribution in [2.45, 2.75) is 12.8 Å². The molecule has 2 atom stereocenters. The Kier molecular flexibility index (Phi) is 4.32. The normalized spacial score (nSPS) is 20.9. The first-order chi connectivity index (χ1) is 12.6. The van der Waals surface area contributed by atoms with E-state index in [1.54, 1.807) is 18.2 Å². The molecular formula is C20H20O6. The van der Waals surface area contributed by atoms with E-state index in [4.69, 9.17) is 18.9 Å². The van der Waals surface area contributed by atoms with Crippen molar-refractivity contribution in [3.63, 3.8) is 0 Å². The second kappa shape index (κ2) is 6.78. The zero-order valence-corrected chi connectivity index (χ0v) is 14.4. The number of phenols is 1. The van der Waals surface area contributed by atoms with Gasteiger partial charge >= 0.3 is 5.97 Å². The number of carbonyl (C=O) groups excluding carboxylic acids is 1. The zero-order chi connectivity index (χ0) is 18.1. The first-order valence-electron chi connectivity index (χ1n) is 8.55. The van der Waals surface area contributed by atoms with Crippen LogP contribution in [0, 0.1) is 11.8 Å². The molecule has 0 aliphatic carbocycles. The van der Waals surface area contributed by atoms with Gasteiger partial charge in [0, 0.05) is 5.92 Å². The van der Waals surface area contributed by atoms with Crippen LogP contribution in [0.5, 0.6) is 23.0 Å². The highest BCUT2D eigenvalue weighted by atomic mass is 16.7. The minimum atomic E-state index is -0.227. The number of hydrogen-bond acceptors (Lipinski definition) is 6. The van der Waals surface area contributed by atoms with Gasteiger partial charge in [-0.2, -0.15) is 0 Å². The lowest BCUT2D eigenvalue weighted by Crippen LogP contribution is -2.20. The molecule has 2 aliphatic rings. The standard InChI is InChI=1S/C20H20O6/c1-23-18-8-13(2-4-16(18)21)7-15-14(10-24-20(15)22)6-12-3-5-17-19(9-12)26-11-25-17/h2-5,8-9,14-15,21H,6-7,10-11H2,1H3/t14-,15+/m0/s1. The Morgan fingerprint density at radius 1 is 1.04 bits per heavy atom. The molecule has 4 rings (SSSR count). The minimum Gasteiger partial charge on any atom is -0.504 e. The summed E-state index contributed by atoms with van der Waals surface area (Å²) in [5, 5.41) is 9.73. The highest BCUT2D eigenvalue weighted by molar-refractivity contribution is 5.75. The topological polar surface area (TPSA) is 74.2 Å². The molecule has 2 aliphatic heterocycles. The van der Waals surface area contributed by atoms with E-state index < -0.39 is 0 Å². The van der Waals surface area contributed by atoms with Crippen LogP contribution in [0.15, 0.2) is 36.4 Å². The van der Waals surface area contributed by atoms with Crippen LogP contribution >= 0.6 is 0 Å². The van der Waals surface area contributed by atoms with Crippen molar-refractivity contribution < 1.29 is 28.8 Å². The Balaban J connectivity index is 1.50. The second-order valence-electron chi connectivity index (χ2n) is 6.60. The summed E-state index contributed by atoms with van der Waals surface area (Å²) in [6.45, 7) is 0.655. The summed E-state index contributed by atoms with van der Waals surface area (Å²) in [7, 11) is 1.51. The maximum atomic E-state index is 12.2. The summed E-state index contributed by atoms with van der Waals surface area (Å²) >= 11 is 0. The summed E-state index contributed by atoms with van der Waals surface area (Å²) < 4.78 is 21.2. The average Bonchev–Trinajstić information content (AvgIpc) is 3.24. The third-order valence-electron chi connectivity index (χ3n) is 4.95. The van der Waals surface area contributed by atoms with Crippen LogP contribution in [0.2, 0.25) is 0 Å². The number of phenolic OH excluding ortho intramolecular Hbond substituents is 1. The SMILES string of the molecule is COc1cc(C[C@H]2C(=O)OC[C@@H]2Cc2ccc3c(c2)OCO3)ccc1O. The molecule has 6 nitrogen and oxygen atoms in total. The molecule has 2 aromatic carbocycles. The number of esters is 1. The Labute approximate surface area is 151 Å². The largest absolute Gasteiger partial charge is 0.504 e. The number of aromatic hydroxyl groups is 1. The third kappa shape index (κ3) is 3.14. The molecule has 0 saturated carbocycles. The number of fused-ring (bicyclic) bond motifs is 1. The van der Waals surface area contributed by atoms with Gasteiger partial charge in [-0.15, -0.1) is 0 Å². The second-order valence-corrected chi connectivity index (χ2v) is 6.60. The molecule has 136 valence electrons. The number of carbonyl (C=O) groups is 1. The van der Waals surface area contributed by atoms with Gasteiger partial charge < -0.3 is 24.1 Å². The predicted octanol–water partition coefficient (Wildman–Crippen LogP) is 2.70. The third-order valence-corrected chi connectivity index (χ3v) is 4.95. The van der Waals surface area contributed by atoms with Crippen molar-refractivity contribution in [1.29, 1.82) is 0 Å². The molecule has 1 N–H and O–H groups in total. The Hall–Kier alpha value is -2.89. The van der Waals surface area contributed by atoms with Gasteiger partial charge in [0.05, 0.1) is 19.6 Å². The molecule has 0 aromatic heterocycles. The molecule has 0 bridgehead atoms. The first kappa shape index (κ1) is 16.6. The molecular weight excluding hydrogens is 336 g/mol. The predicted molar refractivity (Wildman–Crippen MR) is 92.6 cm³/mol. The van der Waals surface area contributed by atoms with E-state index in [2.05, 4.69) is 0 Å². The Bertz CT molecular complexity index is 831. The van der Waals surface area contributed by atoms with E-state index in [-0.39, 0.29) is 30.3 Å². The van der Waals surface area contributed by atoms with Gasteiger partial charge in [0.2, 0.25) is 6.79 Å². The van der Waals surface area contributed by atoms with E-state index in [0.29, 0.717) is 18.8 Å². The number of benzene rings is 2. The fraction of sp³-hybridized carbons (Fsp3) is 0.350. The van der Waals surface area contributed by atoms with E-state index in [9.17, 15) is 9.90 Å². The minimum absolute atomic E-state index is 0.0853. The van der Waals surface area contributed by atoms with Crippen LogP contribution in [0.3, 0.4) is 0 Å². The summed E-state index contributed by atoms with van der Waals surface area (Å²) in [6, 6.07) is 11.0. The maximum absolute atomic E-state index is 12.2. The van der Waals surface area contributed by atoms with Crippen molar-refractivity contribution in [3.05, 3.63) is 47.5 Å². The number of cyclic esters (lactones) is 1. The van der Waals surface area contributed by atoms with Gasteiger partial charge in [0.1, 0.15) is 0 Å². The van der Waals surface area contributed by atoms with Crippen molar-refractivity contribution in [2.75, 3.05) is 20.5 Å². The van der Waals surface area contributed by atoms with Gasteiger partial charge in [0.25, 0.3) is 0 Å². The smallest absolute Gasteiger partial charge is 0.309 e. The van der Waals surface area contributed by atoms with E-state index in [0.717, 1.165) is 29.0 Å². The Morgan fingerprint density at radius 2 is 1.81 bits per heavy atom. The first-order valence-corrected chi connectivity index (χ1v) is 8.55. The molecule has 1 saturated heterocycles. The quantitative estimate of drug-likeness (QED) is 0.831. The summed E-state index contributed by atoms with van der Waals surface area (Å²) in [4.78, 5) is 12.2. The van der Waals surface area contributed by atoms with Crippen LogP contribution in [-0.4, -0.2) is 31.6 Å². The lowest BCUT2D eigenvalue weighted by Gasteiger charge is -2.16. The Morgan fingerprint density at radius 3 is 2.65 bits per heavy atom. The van der Waals surface area contributed by atoms with Gasteiger partial charge in [-0.25, -0.2) is 0 Å². The molecule has 2 aromatic rings. The van der Waals surface area contributed by atoms with E-state index in [1.807, 2.05) is 18.2 Å². The molecule has 6 heteroatoms. The fourth-order valence-corrected chi connectivity index (χ4v) is 3.53. The van der Waals surface area contributed by atoms with Crippen LogP contribution < -0.4 is 14.2 Å². The highest BCUT2D eigenvalue weighted by Crippen LogP contribution is 2.36. The van der Waals surface area contributed by atoms with Crippen molar-refractivity contribution in [1.82, 2.24) is 0 Å². The van der Waals surface area contributed by atoms with Crippen molar-refractivity contribution in [2.24, 2.45) is 11.8 Å². The van der Waals surface area contributed by atoms with Crippen LogP contribution in [0.25, 0.3) is 0 Å². The van der Waals surface area contributed by atoms with Crippen molar-refractivity contribution in [3.8, 4) is 23.0 Å². The lowest BCUT2D eigenvalue weighted by atomic mass is 9.85. The molecule has 2 heterocycles. The number of hydrogen-bond donors (Lipinski definition) is 1. The molecule has 0 unspecified atom stereocenters. The molecule has 1 fully saturated rings. The van der Waals surface area contributed by atoms with E-state index >= 15 is 0 Å².